The SMILES string of the molecule is CCC(=O)N1N=C(c2ccccc2NS(=O)(=O)c2ccccc2)C[C@@H]1/C=C\c1ccccc1. The molecule has 7 heteroatoms. The van der Waals surface area contributed by atoms with E-state index in [1.54, 1.807) is 49.4 Å². The lowest BCUT2D eigenvalue weighted by molar-refractivity contribution is -0.131. The third-order valence-electron chi connectivity index (χ3n) is 5.35. The Bertz CT molecular complexity index is 1290. The second-order valence-electron chi connectivity index (χ2n) is 7.64. The van der Waals surface area contributed by atoms with Gasteiger partial charge in [-0.3, -0.25) is 9.52 Å². The topological polar surface area (TPSA) is 78.8 Å². The molecule has 0 saturated heterocycles. The molecule has 0 aromatic heterocycles. The van der Waals surface area contributed by atoms with E-state index in [4.69, 9.17) is 0 Å². The van der Waals surface area contributed by atoms with E-state index in [-0.39, 0.29) is 16.8 Å². The van der Waals surface area contributed by atoms with Gasteiger partial charge in [0.1, 0.15) is 0 Å². The van der Waals surface area contributed by atoms with Crippen molar-refractivity contribution in [3.63, 3.8) is 0 Å². The molecule has 4 rings (SSSR count). The number of nitrogens with one attached hydrogen (secondary N) is 1. The predicted molar refractivity (Wildman–Crippen MR) is 131 cm³/mol. The van der Waals surface area contributed by atoms with E-state index in [1.165, 1.54) is 5.01 Å². The van der Waals surface area contributed by atoms with Crippen LogP contribution in [-0.4, -0.2) is 31.1 Å². The highest BCUT2D eigenvalue weighted by Gasteiger charge is 2.30. The van der Waals surface area contributed by atoms with E-state index < -0.39 is 10.0 Å². The van der Waals surface area contributed by atoms with Crippen molar-refractivity contribution in [2.75, 3.05) is 4.72 Å². The Morgan fingerprint density at radius 2 is 1.64 bits per heavy atom. The smallest absolute Gasteiger partial charge is 0.261 e. The summed E-state index contributed by atoms with van der Waals surface area (Å²) >= 11 is 0. The average Bonchev–Trinajstić information content (AvgIpc) is 3.27. The van der Waals surface area contributed by atoms with Crippen LogP contribution in [0.5, 0.6) is 0 Å². The fourth-order valence-corrected chi connectivity index (χ4v) is 4.76. The zero-order valence-corrected chi connectivity index (χ0v) is 19.1. The number of para-hydroxylation sites is 1. The first-order valence-electron chi connectivity index (χ1n) is 10.8. The molecule has 0 saturated carbocycles. The molecule has 1 aliphatic heterocycles. The van der Waals surface area contributed by atoms with Crippen molar-refractivity contribution >= 4 is 33.4 Å². The van der Waals surface area contributed by atoms with Gasteiger partial charge in [-0.05, 0) is 23.8 Å². The first-order chi connectivity index (χ1) is 16.0. The highest BCUT2D eigenvalue weighted by Crippen LogP contribution is 2.28. The molecular formula is C26H25N3O3S. The Balaban J connectivity index is 1.63. The number of sulfonamides is 1. The highest BCUT2D eigenvalue weighted by atomic mass is 32.2. The Morgan fingerprint density at radius 1 is 1.00 bits per heavy atom. The molecule has 0 unspecified atom stereocenters. The van der Waals surface area contributed by atoms with Crippen LogP contribution in [-0.2, 0) is 14.8 Å². The lowest BCUT2D eigenvalue weighted by atomic mass is 10.0. The van der Waals surface area contributed by atoms with Gasteiger partial charge in [-0.2, -0.15) is 5.10 Å². The Hall–Kier alpha value is -3.71. The number of rotatable bonds is 7. The maximum absolute atomic E-state index is 12.9. The van der Waals surface area contributed by atoms with Crippen LogP contribution < -0.4 is 4.72 Å². The van der Waals surface area contributed by atoms with Gasteiger partial charge in [0.15, 0.2) is 0 Å². The zero-order valence-electron chi connectivity index (χ0n) is 18.3. The predicted octanol–water partition coefficient (Wildman–Crippen LogP) is 4.92. The van der Waals surface area contributed by atoms with Crippen molar-refractivity contribution in [2.45, 2.75) is 30.7 Å². The molecule has 1 amide bonds. The van der Waals surface area contributed by atoms with Crippen molar-refractivity contribution in [2.24, 2.45) is 5.10 Å². The van der Waals surface area contributed by atoms with Crippen LogP contribution in [0.3, 0.4) is 0 Å². The number of nitrogens with zero attached hydrogens (tertiary/aromatic N) is 2. The monoisotopic (exact) mass is 459 g/mol. The van der Waals surface area contributed by atoms with Gasteiger partial charge in [-0.1, -0.05) is 85.8 Å². The average molecular weight is 460 g/mol. The molecule has 0 radical (unpaired) electrons. The van der Waals surface area contributed by atoms with Crippen LogP contribution in [0.25, 0.3) is 6.08 Å². The van der Waals surface area contributed by atoms with Gasteiger partial charge in [0, 0.05) is 18.4 Å². The van der Waals surface area contributed by atoms with Crippen LogP contribution >= 0.6 is 0 Å². The summed E-state index contributed by atoms with van der Waals surface area (Å²) in [5, 5.41) is 6.10. The molecule has 0 bridgehead atoms. The number of benzene rings is 3. The number of anilines is 1. The minimum Gasteiger partial charge on any atom is -0.279 e. The number of amides is 1. The summed E-state index contributed by atoms with van der Waals surface area (Å²) < 4.78 is 28.4. The lowest BCUT2D eigenvalue weighted by Crippen LogP contribution is -2.30. The van der Waals surface area contributed by atoms with Crippen LogP contribution in [0, 0.1) is 0 Å². The van der Waals surface area contributed by atoms with Crippen molar-refractivity contribution in [3.05, 3.63) is 102 Å². The minimum absolute atomic E-state index is 0.0879. The molecule has 1 aliphatic rings. The fraction of sp³-hybridized carbons (Fsp3) is 0.154. The second kappa shape index (κ2) is 9.83. The summed E-state index contributed by atoms with van der Waals surface area (Å²) in [6, 6.07) is 25.0. The maximum Gasteiger partial charge on any atom is 0.261 e. The molecule has 0 fully saturated rings. The largest absolute Gasteiger partial charge is 0.279 e. The molecule has 1 atom stereocenters. The lowest BCUT2D eigenvalue weighted by Gasteiger charge is -2.17. The molecular weight excluding hydrogens is 434 g/mol. The Morgan fingerprint density at radius 3 is 2.33 bits per heavy atom. The number of carbonyl (C=O) groups excluding carboxylic acids is 1. The number of hydrogen-bond donors (Lipinski definition) is 1. The number of hydrogen-bond acceptors (Lipinski definition) is 4. The molecule has 0 aliphatic carbocycles. The van der Waals surface area contributed by atoms with Gasteiger partial charge in [-0.15, -0.1) is 0 Å². The Kier molecular flexibility index (Phi) is 6.70. The van der Waals surface area contributed by atoms with E-state index in [9.17, 15) is 13.2 Å². The normalized spacial score (nSPS) is 16.1. The molecule has 3 aromatic carbocycles. The van der Waals surface area contributed by atoms with Crippen molar-refractivity contribution < 1.29 is 13.2 Å². The minimum atomic E-state index is -3.76. The van der Waals surface area contributed by atoms with E-state index >= 15 is 0 Å². The molecule has 3 aromatic rings. The van der Waals surface area contributed by atoms with E-state index in [1.807, 2.05) is 54.6 Å². The van der Waals surface area contributed by atoms with E-state index in [2.05, 4.69) is 9.82 Å². The summed E-state index contributed by atoms with van der Waals surface area (Å²) in [5.41, 5.74) is 2.77. The molecule has 168 valence electrons. The standard InChI is InChI=1S/C26H25N3O3S/c1-2-26(30)29-21(18-17-20-11-5-3-6-12-20)19-25(27-29)23-15-9-10-16-24(23)28-33(31,32)22-13-7-4-8-14-22/h3-18,21,28H,2,19H2,1H3/b18-17-/t21-/m0/s1. The van der Waals surface area contributed by atoms with Gasteiger partial charge in [0.2, 0.25) is 5.91 Å². The fourth-order valence-electron chi connectivity index (χ4n) is 3.66. The van der Waals surface area contributed by atoms with Gasteiger partial charge >= 0.3 is 0 Å². The first-order valence-corrected chi connectivity index (χ1v) is 12.3. The van der Waals surface area contributed by atoms with Crippen LogP contribution in [0.4, 0.5) is 5.69 Å². The quantitative estimate of drug-likeness (QED) is 0.545. The summed E-state index contributed by atoms with van der Waals surface area (Å²) in [4.78, 5) is 12.8. The maximum atomic E-state index is 12.9. The zero-order chi connectivity index (χ0) is 23.3. The van der Waals surface area contributed by atoms with E-state index in [0.29, 0.717) is 29.8 Å². The van der Waals surface area contributed by atoms with Crippen molar-refractivity contribution in [1.82, 2.24) is 5.01 Å². The molecule has 33 heavy (non-hydrogen) atoms. The van der Waals surface area contributed by atoms with Gasteiger partial charge in [-0.25, -0.2) is 13.4 Å². The molecule has 0 spiro atoms. The Labute approximate surface area is 194 Å². The van der Waals surface area contributed by atoms with Crippen LogP contribution in [0.2, 0.25) is 0 Å². The summed E-state index contributed by atoms with van der Waals surface area (Å²) in [6.45, 7) is 1.80. The second-order valence-corrected chi connectivity index (χ2v) is 9.33. The summed E-state index contributed by atoms with van der Waals surface area (Å²) in [6.07, 6.45) is 4.76. The van der Waals surface area contributed by atoms with Crippen molar-refractivity contribution in [1.29, 1.82) is 0 Å². The van der Waals surface area contributed by atoms with Crippen molar-refractivity contribution in [3.8, 4) is 0 Å². The summed E-state index contributed by atoms with van der Waals surface area (Å²) in [7, 11) is -3.76. The van der Waals surface area contributed by atoms with Gasteiger partial charge < -0.3 is 0 Å². The molecule has 1 heterocycles. The summed E-state index contributed by atoms with van der Waals surface area (Å²) in [5.74, 6) is -0.0879. The highest BCUT2D eigenvalue weighted by molar-refractivity contribution is 7.92. The van der Waals surface area contributed by atoms with E-state index in [0.717, 1.165) is 5.56 Å². The third-order valence-corrected chi connectivity index (χ3v) is 6.73. The van der Waals surface area contributed by atoms with Crippen LogP contribution in [0.1, 0.15) is 30.9 Å². The van der Waals surface area contributed by atoms with Crippen LogP contribution in [0.15, 0.2) is 101 Å². The number of hydrazone groups is 1. The first kappa shape index (κ1) is 22.5. The van der Waals surface area contributed by atoms with Gasteiger partial charge in [0.25, 0.3) is 10.0 Å². The molecule has 1 N–H and O–H groups in total. The van der Waals surface area contributed by atoms with Gasteiger partial charge in [0.05, 0.1) is 22.3 Å². The number of carbonyl (C=O) groups is 1. The third kappa shape index (κ3) is 5.21. The molecule has 6 nitrogen and oxygen atoms in total.